The Morgan fingerprint density at radius 3 is 2.73 bits per heavy atom. The predicted molar refractivity (Wildman–Crippen MR) is 149 cm³/mol. The van der Waals surface area contributed by atoms with Crippen molar-refractivity contribution in [1.82, 2.24) is 19.5 Å². The molecule has 1 aliphatic heterocycles. The van der Waals surface area contributed by atoms with Crippen molar-refractivity contribution in [3.05, 3.63) is 90.4 Å². The average Bonchev–Trinajstić information content (AvgIpc) is 3.20. The third kappa shape index (κ3) is 4.43. The standard InChI is InChI=1S/C30H24F2N6O2/c1-16-5-4-6-24(36-16)40-20-8-10-21-18(13-20)11-12-33-28-26-25(21)27(38(3)29(26)35-15-34-28)22-9-7-19(14-23(22)32)37-30(39)17(2)31/h4-10,13-15H,2,11-12H2,1,3H3,(H,37,39)(H,33,34,35). The first-order valence-corrected chi connectivity index (χ1v) is 12.6. The summed E-state index contributed by atoms with van der Waals surface area (Å²) in [6.07, 6.45) is 2.14. The Morgan fingerprint density at radius 1 is 1.12 bits per heavy atom. The van der Waals surface area contributed by atoms with Crippen molar-refractivity contribution in [3.63, 3.8) is 0 Å². The maximum absolute atomic E-state index is 15.7. The number of carbonyl (C=O) groups is 1. The van der Waals surface area contributed by atoms with Gasteiger partial charge < -0.3 is 19.9 Å². The van der Waals surface area contributed by atoms with E-state index in [2.05, 4.69) is 32.2 Å². The number of pyridine rings is 1. The van der Waals surface area contributed by atoms with Gasteiger partial charge in [-0.05, 0) is 60.9 Å². The Balaban J connectivity index is 1.52. The molecular weight excluding hydrogens is 514 g/mol. The first-order chi connectivity index (χ1) is 19.3. The average molecular weight is 539 g/mol. The Bertz CT molecular complexity index is 1830. The van der Waals surface area contributed by atoms with Crippen LogP contribution in [0.1, 0.15) is 11.3 Å². The minimum absolute atomic E-state index is 0.112. The van der Waals surface area contributed by atoms with Gasteiger partial charge in [0.05, 0.1) is 11.1 Å². The second-order valence-corrected chi connectivity index (χ2v) is 9.47. The van der Waals surface area contributed by atoms with Crippen LogP contribution in [0.5, 0.6) is 11.6 Å². The summed E-state index contributed by atoms with van der Waals surface area (Å²) in [4.78, 5) is 25.1. The third-order valence-corrected chi connectivity index (χ3v) is 6.81. The van der Waals surface area contributed by atoms with Crippen LogP contribution in [0.2, 0.25) is 0 Å². The summed E-state index contributed by atoms with van der Waals surface area (Å²) >= 11 is 0. The number of ether oxygens (including phenoxy) is 1. The van der Waals surface area contributed by atoms with Gasteiger partial charge in [-0.1, -0.05) is 18.7 Å². The summed E-state index contributed by atoms with van der Waals surface area (Å²) in [5.74, 6) is -0.999. The summed E-state index contributed by atoms with van der Waals surface area (Å²) < 4.78 is 36.7. The first-order valence-electron chi connectivity index (χ1n) is 12.6. The summed E-state index contributed by atoms with van der Waals surface area (Å²) in [6, 6.07) is 15.6. The summed E-state index contributed by atoms with van der Waals surface area (Å²) in [7, 11) is 1.82. The van der Waals surface area contributed by atoms with Gasteiger partial charge in [0.2, 0.25) is 5.88 Å². The van der Waals surface area contributed by atoms with Crippen molar-refractivity contribution >= 4 is 28.4 Å². The van der Waals surface area contributed by atoms with Crippen LogP contribution in [-0.4, -0.2) is 32.0 Å². The molecule has 0 bridgehead atoms. The van der Waals surface area contributed by atoms with Gasteiger partial charge in [0.1, 0.15) is 29.4 Å². The normalized spacial score (nSPS) is 12.2. The number of benzene rings is 2. The van der Waals surface area contributed by atoms with E-state index in [1.165, 1.54) is 12.4 Å². The topological polar surface area (TPSA) is 94.0 Å². The number of halogens is 2. The number of nitrogens with one attached hydrogen (secondary N) is 2. The van der Waals surface area contributed by atoms with Crippen molar-refractivity contribution in [3.8, 4) is 34.0 Å². The zero-order valence-corrected chi connectivity index (χ0v) is 21.8. The maximum atomic E-state index is 15.7. The van der Waals surface area contributed by atoms with E-state index in [0.29, 0.717) is 41.8 Å². The zero-order chi connectivity index (χ0) is 28.0. The monoisotopic (exact) mass is 538 g/mol. The van der Waals surface area contributed by atoms with Gasteiger partial charge >= 0.3 is 0 Å². The number of hydrogen-bond donors (Lipinski definition) is 2. The highest BCUT2D eigenvalue weighted by atomic mass is 19.1. The lowest BCUT2D eigenvalue weighted by atomic mass is 9.92. The minimum atomic E-state index is -1.16. The molecular formula is C30H24F2N6O2. The Labute approximate surface area is 228 Å². The van der Waals surface area contributed by atoms with Crippen LogP contribution in [0.3, 0.4) is 0 Å². The molecule has 200 valence electrons. The van der Waals surface area contributed by atoms with Crippen LogP contribution in [-0.2, 0) is 18.3 Å². The van der Waals surface area contributed by atoms with E-state index in [1.807, 2.05) is 48.9 Å². The molecule has 0 saturated carbocycles. The largest absolute Gasteiger partial charge is 0.439 e. The van der Waals surface area contributed by atoms with Gasteiger partial charge in [0.25, 0.3) is 5.91 Å². The lowest BCUT2D eigenvalue weighted by molar-refractivity contribution is -0.114. The lowest BCUT2D eigenvalue weighted by Gasteiger charge is -2.18. The van der Waals surface area contributed by atoms with Gasteiger partial charge in [-0.3, -0.25) is 4.79 Å². The van der Waals surface area contributed by atoms with Crippen LogP contribution < -0.4 is 15.4 Å². The van der Waals surface area contributed by atoms with E-state index < -0.39 is 17.6 Å². The van der Waals surface area contributed by atoms with E-state index in [9.17, 15) is 9.18 Å². The highest BCUT2D eigenvalue weighted by Gasteiger charge is 2.27. The van der Waals surface area contributed by atoms with Crippen molar-refractivity contribution in [2.24, 2.45) is 7.05 Å². The molecule has 1 amide bonds. The van der Waals surface area contributed by atoms with Gasteiger partial charge in [0, 0.05) is 42.2 Å². The fourth-order valence-corrected chi connectivity index (χ4v) is 5.04. The molecule has 0 spiro atoms. The summed E-state index contributed by atoms with van der Waals surface area (Å²) in [5, 5.41) is 6.46. The second-order valence-electron chi connectivity index (χ2n) is 9.47. The van der Waals surface area contributed by atoms with Crippen LogP contribution in [0.15, 0.2) is 73.3 Å². The molecule has 40 heavy (non-hydrogen) atoms. The fourth-order valence-electron chi connectivity index (χ4n) is 5.04. The number of hydrogen-bond acceptors (Lipinski definition) is 6. The molecule has 8 nitrogen and oxygen atoms in total. The SMILES string of the molecule is C=C(F)C(=O)Nc1ccc(-c2c3c4c(ncnc4n2C)NCCc2cc(Oc4cccc(C)n4)ccc2-3)c(F)c1. The zero-order valence-electron chi connectivity index (χ0n) is 21.8. The predicted octanol–water partition coefficient (Wildman–Crippen LogP) is 6.33. The Hall–Kier alpha value is -5.12. The van der Waals surface area contributed by atoms with Crippen LogP contribution in [0.25, 0.3) is 33.4 Å². The van der Waals surface area contributed by atoms with E-state index in [4.69, 9.17) is 4.74 Å². The smallest absolute Gasteiger partial charge is 0.283 e. The first kappa shape index (κ1) is 25.2. The van der Waals surface area contributed by atoms with Crippen molar-refractivity contribution in [2.75, 3.05) is 17.2 Å². The van der Waals surface area contributed by atoms with Gasteiger partial charge in [0.15, 0.2) is 5.83 Å². The minimum Gasteiger partial charge on any atom is -0.439 e. The summed E-state index contributed by atoms with van der Waals surface area (Å²) in [5.41, 5.74) is 5.12. The van der Waals surface area contributed by atoms with Gasteiger partial charge in [-0.15, -0.1) is 0 Å². The number of nitrogens with zero attached hydrogens (tertiary/aromatic N) is 4. The quantitative estimate of drug-likeness (QED) is 0.254. The summed E-state index contributed by atoms with van der Waals surface area (Å²) in [6.45, 7) is 5.50. The van der Waals surface area contributed by atoms with Crippen molar-refractivity contribution in [1.29, 1.82) is 0 Å². The van der Waals surface area contributed by atoms with Crippen LogP contribution >= 0.6 is 0 Å². The molecule has 0 aliphatic carbocycles. The number of amides is 1. The molecule has 3 aromatic heterocycles. The van der Waals surface area contributed by atoms with E-state index in [-0.39, 0.29) is 11.3 Å². The number of rotatable bonds is 5. The van der Waals surface area contributed by atoms with Gasteiger partial charge in [-0.25, -0.2) is 23.7 Å². The maximum Gasteiger partial charge on any atom is 0.283 e. The number of fused-ring (bicyclic) bond motifs is 2. The van der Waals surface area contributed by atoms with Crippen LogP contribution in [0.4, 0.5) is 20.3 Å². The Morgan fingerprint density at radius 2 is 1.95 bits per heavy atom. The molecule has 0 unspecified atom stereocenters. The number of anilines is 2. The van der Waals surface area contributed by atoms with Gasteiger partial charge in [-0.2, -0.15) is 0 Å². The highest BCUT2D eigenvalue weighted by molar-refractivity contribution is 6.09. The number of carbonyl (C=O) groups excluding carboxylic acids is 1. The Kier molecular flexibility index (Phi) is 6.22. The molecule has 10 heteroatoms. The molecule has 0 saturated heterocycles. The fraction of sp³-hybridized carbons (Fsp3) is 0.133. The number of aryl methyl sites for hydroxylation is 2. The molecule has 4 heterocycles. The number of aromatic nitrogens is 4. The van der Waals surface area contributed by atoms with E-state index in [0.717, 1.165) is 33.8 Å². The molecule has 0 atom stereocenters. The third-order valence-electron chi connectivity index (χ3n) is 6.81. The lowest BCUT2D eigenvalue weighted by Crippen LogP contribution is -2.11. The molecule has 2 aromatic carbocycles. The molecule has 0 radical (unpaired) electrons. The van der Waals surface area contributed by atoms with E-state index >= 15 is 4.39 Å². The van der Waals surface area contributed by atoms with Crippen molar-refractivity contribution < 1.29 is 18.3 Å². The molecule has 6 rings (SSSR count). The molecule has 0 fully saturated rings. The molecule has 2 N–H and O–H groups in total. The highest BCUT2D eigenvalue weighted by Crippen LogP contribution is 2.45. The molecule has 5 aromatic rings. The van der Waals surface area contributed by atoms with Crippen molar-refractivity contribution in [2.45, 2.75) is 13.3 Å². The van der Waals surface area contributed by atoms with Crippen LogP contribution in [0, 0.1) is 12.7 Å². The second kappa shape index (κ2) is 9.88. The molecule has 1 aliphatic rings. The van der Waals surface area contributed by atoms with E-state index in [1.54, 1.807) is 12.1 Å².